The summed E-state index contributed by atoms with van der Waals surface area (Å²) in [6, 6.07) is 14.3. The first kappa shape index (κ1) is 30.0. The Bertz CT molecular complexity index is 1730. The van der Waals surface area contributed by atoms with Gasteiger partial charge in [0, 0.05) is 49.4 Å². The summed E-state index contributed by atoms with van der Waals surface area (Å²) in [4.78, 5) is 26.3. The molecule has 1 aliphatic heterocycles. The summed E-state index contributed by atoms with van der Waals surface area (Å²) in [6.07, 6.45) is 3.42. The van der Waals surface area contributed by atoms with Gasteiger partial charge < -0.3 is 24.8 Å². The van der Waals surface area contributed by atoms with Crippen molar-refractivity contribution >= 4 is 38.5 Å². The molecule has 0 radical (unpaired) electrons. The van der Waals surface area contributed by atoms with Crippen molar-refractivity contribution < 1.29 is 27.8 Å². The van der Waals surface area contributed by atoms with Gasteiger partial charge in [0.05, 0.1) is 28.8 Å². The minimum absolute atomic E-state index is 0.104. The van der Waals surface area contributed by atoms with Crippen molar-refractivity contribution in [3.63, 3.8) is 0 Å². The molecule has 43 heavy (non-hydrogen) atoms. The van der Waals surface area contributed by atoms with Gasteiger partial charge in [-0.2, -0.15) is 0 Å². The van der Waals surface area contributed by atoms with Crippen LogP contribution in [0.3, 0.4) is 0 Å². The van der Waals surface area contributed by atoms with E-state index in [1.54, 1.807) is 43.6 Å². The van der Waals surface area contributed by atoms with Crippen LogP contribution in [0.4, 0.5) is 16.4 Å². The monoisotopic (exact) mass is 606 g/mol. The molecule has 0 bridgehead atoms. The number of piperidine rings is 1. The number of sulfonamides is 1. The first-order valence-corrected chi connectivity index (χ1v) is 15.5. The lowest BCUT2D eigenvalue weighted by Gasteiger charge is -2.31. The van der Waals surface area contributed by atoms with E-state index in [-0.39, 0.29) is 11.8 Å². The fourth-order valence-corrected chi connectivity index (χ4v) is 6.39. The summed E-state index contributed by atoms with van der Waals surface area (Å²) in [6.45, 7) is 4.47. The third-order valence-electron chi connectivity index (χ3n) is 7.26. The fourth-order valence-electron chi connectivity index (χ4n) is 5.04. The third-order valence-corrected chi connectivity index (χ3v) is 8.70. The van der Waals surface area contributed by atoms with Crippen LogP contribution in [0.1, 0.15) is 25.3 Å². The smallest absolute Gasteiger partial charge is 0.407 e. The number of pyridine rings is 1. The van der Waals surface area contributed by atoms with Crippen LogP contribution in [0, 0.1) is 6.92 Å². The highest BCUT2D eigenvalue weighted by Gasteiger charge is 2.24. The Morgan fingerprint density at radius 1 is 1.12 bits per heavy atom. The summed E-state index contributed by atoms with van der Waals surface area (Å²) in [5, 5.41) is 14.0. The maximum atomic E-state index is 12.8. The third kappa shape index (κ3) is 7.12. The van der Waals surface area contributed by atoms with Crippen LogP contribution in [0.2, 0.25) is 0 Å². The molecule has 3 N–H and O–H groups in total. The van der Waals surface area contributed by atoms with E-state index in [0.29, 0.717) is 58.4 Å². The van der Waals surface area contributed by atoms with Crippen LogP contribution >= 0.6 is 0 Å². The van der Waals surface area contributed by atoms with Crippen LogP contribution in [0.15, 0.2) is 60.9 Å². The Labute approximate surface area is 250 Å². The second-order valence-electron chi connectivity index (χ2n) is 10.5. The van der Waals surface area contributed by atoms with Crippen LogP contribution in [-0.4, -0.2) is 77.6 Å². The van der Waals surface area contributed by atoms with Gasteiger partial charge in [0.1, 0.15) is 5.75 Å². The minimum Gasteiger partial charge on any atom is -0.465 e. The largest absolute Gasteiger partial charge is 0.465 e. The maximum Gasteiger partial charge on any atom is 0.407 e. The SMILES string of the molecule is COC(C)CS(=O)(=O)Nc1cccc2c(Oc3ncccc3-c3ccnc(NC4CCCN(C(=O)O)C4)n3)c(C)ccc12. The molecule has 13 heteroatoms. The van der Waals surface area contributed by atoms with Gasteiger partial charge in [-0.05, 0) is 56.5 Å². The average Bonchev–Trinajstić information content (AvgIpc) is 2.98. The molecule has 2 unspecified atom stereocenters. The van der Waals surface area contributed by atoms with E-state index in [0.717, 1.165) is 18.4 Å². The van der Waals surface area contributed by atoms with Gasteiger partial charge in [-0.3, -0.25) is 4.72 Å². The molecule has 1 amide bonds. The number of nitrogens with zero attached hydrogens (tertiary/aromatic N) is 4. The number of hydrogen-bond donors (Lipinski definition) is 3. The van der Waals surface area contributed by atoms with Gasteiger partial charge in [-0.1, -0.05) is 24.3 Å². The number of hydrogen-bond acceptors (Lipinski definition) is 9. The average molecular weight is 607 g/mol. The van der Waals surface area contributed by atoms with Gasteiger partial charge in [-0.25, -0.2) is 28.2 Å². The molecule has 1 saturated heterocycles. The normalized spacial score (nSPS) is 16.1. The number of amides is 1. The van der Waals surface area contributed by atoms with Gasteiger partial charge in [0.2, 0.25) is 21.9 Å². The molecule has 226 valence electrons. The Morgan fingerprint density at radius 3 is 2.74 bits per heavy atom. The number of nitrogens with one attached hydrogen (secondary N) is 2. The molecule has 3 heterocycles. The number of aryl methyl sites for hydroxylation is 1. The molecule has 2 aromatic heterocycles. The lowest BCUT2D eigenvalue weighted by molar-refractivity contribution is 0.132. The van der Waals surface area contributed by atoms with Gasteiger partial charge >= 0.3 is 6.09 Å². The summed E-state index contributed by atoms with van der Waals surface area (Å²) >= 11 is 0. The molecule has 1 fully saturated rings. The van der Waals surface area contributed by atoms with E-state index in [1.807, 2.05) is 31.2 Å². The molecular formula is C30H34N6O6S. The van der Waals surface area contributed by atoms with Gasteiger partial charge in [0.25, 0.3) is 0 Å². The zero-order valence-corrected chi connectivity index (χ0v) is 25.0. The zero-order valence-electron chi connectivity index (χ0n) is 24.1. The van der Waals surface area contributed by atoms with Crippen molar-refractivity contribution in [3.05, 3.63) is 66.5 Å². The Morgan fingerprint density at radius 2 is 1.95 bits per heavy atom. The summed E-state index contributed by atoms with van der Waals surface area (Å²) in [5.41, 5.74) is 2.47. The standard InChI is InChI=1S/C30H34N6O6S/c1-19-11-12-22-23(8-4-10-26(22)35-43(39,40)18-20(2)41-3)27(19)42-28-24(9-5-14-31-28)25-13-15-32-29(34-25)33-21-7-6-16-36(17-21)30(37)38/h4-5,8-15,20-21,35H,6-7,16-18H2,1-3H3,(H,37,38)(H,32,33,34). The molecular weight excluding hydrogens is 572 g/mol. The van der Waals surface area contributed by atoms with Crippen LogP contribution < -0.4 is 14.8 Å². The van der Waals surface area contributed by atoms with E-state index in [1.165, 1.54) is 12.0 Å². The number of anilines is 2. The van der Waals surface area contributed by atoms with Gasteiger partial charge in [-0.15, -0.1) is 0 Å². The van der Waals surface area contributed by atoms with Gasteiger partial charge in [0.15, 0.2) is 0 Å². The van der Waals surface area contributed by atoms with E-state index in [9.17, 15) is 18.3 Å². The fraction of sp³-hybridized carbons (Fsp3) is 0.333. The predicted octanol–water partition coefficient (Wildman–Crippen LogP) is 5.12. The molecule has 2 aromatic carbocycles. The molecule has 0 spiro atoms. The van der Waals surface area contributed by atoms with E-state index < -0.39 is 22.2 Å². The molecule has 12 nitrogen and oxygen atoms in total. The number of rotatable bonds is 10. The quantitative estimate of drug-likeness (QED) is 0.221. The van der Waals surface area contributed by atoms with Crippen molar-refractivity contribution in [1.82, 2.24) is 19.9 Å². The number of carbonyl (C=O) groups is 1. The Kier molecular flexibility index (Phi) is 8.92. The minimum atomic E-state index is -3.66. The van der Waals surface area contributed by atoms with E-state index in [4.69, 9.17) is 9.47 Å². The molecule has 0 saturated carbocycles. The van der Waals surface area contributed by atoms with Crippen molar-refractivity contribution in [1.29, 1.82) is 0 Å². The van der Waals surface area contributed by atoms with E-state index >= 15 is 0 Å². The van der Waals surface area contributed by atoms with Crippen LogP contribution in [-0.2, 0) is 14.8 Å². The lowest BCUT2D eigenvalue weighted by atomic mass is 10.0. The molecule has 4 aromatic rings. The predicted molar refractivity (Wildman–Crippen MR) is 164 cm³/mol. The van der Waals surface area contributed by atoms with Crippen molar-refractivity contribution in [2.45, 2.75) is 38.8 Å². The highest BCUT2D eigenvalue weighted by atomic mass is 32.2. The van der Waals surface area contributed by atoms with Crippen LogP contribution in [0.5, 0.6) is 11.6 Å². The zero-order chi connectivity index (χ0) is 30.6. The number of benzene rings is 2. The number of ether oxygens (including phenoxy) is 2. The summed E-state index contributed by atoms with van der Waals surface area (Å²) in [7, 11) is -2.19. The van der Waals surface area contributed by atoms with Crippen molar-refractivity contribution in [2.75, 3.05) is 36.0 Å². The number of methoxy groups -OCH3 is 1. The molecule has 2 atom stereocenters. The lowest BCUT2D eigenvalue weighted by Crippen LogP contribution is -2.44. The highest BCUT2D eigenvalue weighted by molar-refractivity contribution is 7.92. The molecule has 5 rings (SSSR count). The first-order chi connectivity index (χ1) is 20.6. The van der Waals surface area contributed by atoms with Crippen molar-refractivity contribution in [2.24, 2.45) is 0 Å². The van der Waals surface area contributed by atoms with Crippen molar-refractivity contribution in [3.8, 4) is 22.9 Å². The Balaban J connectivity index is 1.44. The second-order valence-corrected chi connectivity index (χ2v) is 12.2. The first-order valence-electron chi connectivity index (χ1n) is 13.9. The van der Waals surface area contributed by atoms with Crippen LogP contribution in [0.25, 0.3) is 22.0 Å². The number of aromatic nitrogens is 3. The van der Waals surface area contributed by atoms with E-state index in [2.05, 4.69) is 25.0 Å². The Hall–Kier alpha value is -4.49. The number of carboxylic acid groups (broad SMARTS) is 1. The number of likely N-dealkylation sites (tertiary alicyclic amines) is 1. The molecule has 1 aliphatic rings. The second kappa shape index (κ2) is 12.8. The summed E-state index contributed by atoms with van der Waals surface area (Å²) in [5.74, 6) is 1.05. The topological polar surface area (TPSA) is 156 Å². The highest BCUT2D eigenvalue weighted by Crippen LogP contribution is 2.38. The number of fused-ring (bicyclic) bond motifs is 1. The maximum absolute atomic E-state index is 12.8. The molecule has 0 aliphatic carbocycles. The summed E-state index contributed by atoms with van der Waals surface area (Å²) < 4.78 is 39.8.